The molecule has 160 valence electrons. The molecule has 6 nitrogen and oxygen atoms in total. The van der Waals surface area contributed by atoms with Gasteiger partial charge in [0, 0.05) is 13.1 Å². The lowest BCUT2D eigenvalue weighted by atomic mass is 9.76. The zero-order valence-electron chi connectivity index (χ0n) is 17.0. The van der Waals surface area contributed by atoms with E-state index >= 15 is 0 Å². The number of hydrogen-bond donors (Lipinski definition) is 2. The third kappa shape index (κ3) is 3.93. The van der Waals surface area contributed by atoms with E-state index < -0.39 is 11.7 Å². The molecule has 0 saturated heterocycles. The predicted octanol–water partition coefficient (Wildman–Crippen LogP) is 4.01. The topological polar surface area (TPSA) is 70.1 Å². The second-order valence-electron chi connectivity index (χ2n) is 8.18. The maximum Gasteiger partial charge on any atom is 0.416 e. The molecule has 4 rings (SSSR count). The van der Waals surface area contributed by atoms with Gasteiger partial charge in [-0.25, -0.2) is 4.98 Å². The van der Waals surface area contributed by atoms with Crippen LogP contribution in [0.15, 0.2) is 24.3 Å². The van der Waals surface area contributed by atoms with Gasteiger partial charge in [0.05, 0.1) is 11.3 Å². The van der Waals surface area contributed by atoms with Crippen LogP contribution < -0.4 is 15.5 Å². The number of alkyl halides is 3. The van der Waals surface area contributed by atoms with Crippen LogP contribution in [-0.2, 0) is 17.4 Å². The molecule has 1 amide bonds. The summed E-state index contributed by atoms with van der Waals surface area (Å²) in [5, 5.41) is 6.21. The average molecular weight is 419 g/mol. The van der Waals surface area contributed by atoms with E-state index in [1.54, 1.807) is 12.1 Å². The number of fused-ring (bicyclic) bond motifs is 1. The van der Waals surface area contributed by atoms with Gasteiger partial charge in [-0.15, -0.1) is 0 Å². The van der Waals surface area contributed by atoms with Crippen molar-refractivity contribution in [3.63, 3.8) is 0 Å². The average Bonchev–Trinajstić information content (AvgIpc) is 2.65. The summed E-state index contributed by atoms with van der Waals surface area (Å²) < 4.78 is 38.0. The van der Waals surface area contributed by atoms with Crippen molar-refractivity contribution in [1.82, 2.24) is 9.97 Å². The molecule has 1 aliphatic heterocycles. The lowest BCUT2D eigenvalue weighted by Gasteiger charge is -2.37. The Kier molecular flexibility index (Phi) is 5.07. The fraction of sp³-hybridized carbons (Fsp3) is 0.476. The van der Waals surface area contributed by atoms with E-state index in [1.165, 1.54) is 0 Å². The fourth-order valence-electron chi connectivity index (χ4n) is 3.98. The van der Waals surface area contributed by atoms with Crippen LogP contribution in [0.2, 0.25) is 0 Å². The number of anilines is 3. The smallest absolute Gasteiger partial charge is 0.351 e. The lowest BCUT2D eigenvalue weighted by molar-refractivity contribution is -0.137. The number of amides is 1. The van der Waals surface area contributed by atoms with Gasteiger partial charge in [-0.3, -0.25) is 4.79 Å². The van der Waals surface area contributed by atoms with Crippen molar-refractivity contribution in [3.05, 3.63) is 41.1 Å². The first-order valence-electron chi connectivity index (χ1n) is 9.97. The van der Waals surface area contributed by atoms with Gasteiger partial charge >= 0.3 is 6.18 Å². The summed E-state index contributed by atoms with van der Waals surface area (Å²) in [6.07, 6.45) is -1.73. The van der Waals surface area contributed by atoms with E-state index in [-0.39, 0.29) is 18.0 Å². The quantitative estimate of drug-likeness (QED) is 0.784. The monoisotopic (exact) mass is 419 g/mol. The normalized spacial score (nSPS) is 23.5. The van der Waals surface area contributed by atoms with Gasteiger partial charge in [-0.05, 0) is 56.7 Å². The zero-order valence-corrected chi connectivity index (χ0v) is 17.0. The van der Waals surface area contributed by atoms with Crippen LogP contribution in [-0.4, -0.2) is 35.0 Å². The highest BCUT2D eigenvalue weighted by molar-refractivity contribution is 6.03. The first kappa shape index (κ1) is 20.4. The Morgan fingerprint density at radius 2 is 1.87 bits per heavy atom. The minimum absolute atomic E-state index is 0.0810. The van der Waals surface area contributed by atoms with Gasteiger partial charge in [-0.1, -0.05) is 12.1 Å². The van der Waals surface area contributed by atoms with Gasteiger partial charge in [-0.2, -0.15) is 18.2 Å². The number of halogens is 3. The molecule has 1 saturated carbocycles. The maximum absolute atomic E-state index is 12.7. The third-order valence-corrected chi connectivity index (χ3v) is 5.99. The number of likely N-dealkylation sites (N-methyl/N-ethyl adjacent to an activating group) is 1. The Balaban J connectivity index is 1.35. The van der Waals surface area contributed by atoms with Crippen molar-refractivity contribution in [2.45, 2.75) is 51.4 Å². The predicted molar refractivity (Wildman–Crippen MR) is 109 cm³/mol. The Hall–Kier alpha value is -2.84. The van der Waals surface area contributed by atoms with Gasteiger partial charge in [0.15, 0.2) is 5.82 Å². The van der Waals surface area contributed by atoms with Crippen molar-refractivity contribution in [3.8, 4) is 0 Å². The molecule has 1 atom stereocenters. The van der Waals surface area contributed by atoms with E-state index in [0.29, 0.717) is 29.1 Å². The summed E-state index contributed by atoms with van der Waals surface area (Å²) in [5.41, 5.74) is 1.64. The summed E-state index contributed by atoms with van der Waals surface area (Å²) in [4.78, 5) is 22.9. The van der Waals surface area contributed by atoms with Crippen molar-refractivity contribution < 1.29 is 18.0 Å². The van der Waals surface area contributed by atoms with E-state index in [1.807, 2.05) is 25.8 Å². The van der Waals surface area contributed by atoms with Crippen LogP contribution in [0.5, 0.6) is 0 Å². The van der Waals surface area contributed by atoms with Crippen molar-refractivity contribution in [2.75, 3.05) is 22.6 Å². The fourth-order valence-corrected chi connectivity index (χ4v) is 3.98. The number of aryl methyl sites for hydroxylation is 1. The summed E-state index contributed by atoms with van der Waals surface area (Å²) >= 11 is 0. The summed E-state index contributed by atoms with van der Waals surface area (Å²) in [6.45, 7) is 3.66. The number of carbonyl (C=O) groups excluding carboxylic acids is 1. The zero-order chi connectivity index (χ0) is 21.6. The highest BCUT2D eigenvalue weighted by Gasteiger charge is 2.33. The number of aromatic nitrogens is 2. The molecule has 2 N–H and O–H groups in total. The molecule has 1 aromatic heterocycles. The van der Waals surface area contributed by atoms with E-state index in [0.717, 1.165) is 37.0 Å². The summed E-state index contributed by atoms with van der Waals surface area (Å²) in [6, 6.07) is 5.32. The Labute approximate surface area is 172 Å². The standard InChI is InChI=1S/C21H24F3N5O/c1-11-17-18(29(3)12(2)19(30)27-17)28-20(25-11)26-16-9-14(10-16)8-13-4-6-15(7-5-13)21(22,23)24/h4-7,12,14,16H,8-10H2,1-3H3,(H,27,30)(H,25,26,28)/t12-,14-,16-/m0/s1. The number of hydrogen-bond acceptors (Lipinski definition) is 5. The first-order valence-corrected chi connectivity index (χ1v) is 9.97. The number of benzene rings is 1. The van der Waals surface area contributed by atoms with Crippen LogP contribution in [0.1, 0.15) is 36.6 Å². The molecule has 30 heavy (non-hydrogen) atoms. The Bertz CT molecular complexity index is 954. The Morgan fingerprint density at radius 3 is 2.50 bits per heavy atom. The van der Waals surface area contributed by atoms with Crippen LogP contribution in [0, 0.1) is 12.8 Å². The van der Waals surface area contributed by atoms with E-state index in [4.69, 9.17) is 0 Å². The van der Waals surface area contributed by atoms with Crippen molar-refractivity contribution in [2.24, 2.45) is 5.92 Å². The number of nitrogens with one attached hydrogen (secondary N) is 2. The highest BCUT2D eigenvalue weighted by atomic mass is 19.4. The minimum Gasteiger partial charge on any atom is -0.351 e. The van der Waals surface area contributed by atoms with Crippen LogP contribution in [0.3, 0.4) is 0 Å². The SMILES string of the molecule is Cc1nc(N[C@H]2C[C@H](Cc3ccc(C(F)(F)F)cc3)C2)nc2c1NC(=O)[C@H](C)N2C. The second-order valence-corrected chi connectivity index (χ2v) is 8.18. The number of nitrogens with zero attached hydrogens (tertiary/aromatic N) is 3. The van der Waals surface area contributed by atoms with Crippen molar-refractivity contribution >= 4 is 23.4 Å². The van der Waals surface area contributed by atoms with Crippen molar-refractivity contribution in [1.29, 1.82) is 0 Å². The van der Waals surface area contributed by atoms with Gasteiger partial charge in [0.25, 0.3) is 0 Å². The molecular formula is C21H24F3N5O. The molecular weight excluding hydrogens is 395 g/mol. The van der Waals surface area contributed by atoms with Crippen LogP contribution >= 0.6 is 0 Å². The third-order valence-electron chi connectivity index (χ3n) is 5.99. The Morgan fingerprint density at radius 1 is 1.20 bits per heavy atom. The minimum atomic E-state index is -4.30. The highest BCUT2D eigenvalue weighted by Crippen LogP contribution is 2.36. The molecule has 0 bridgehead atoms. The van der Waals surface area contributed by atoms with Gasteiger partial charge < -0.3 is 15.5 Å². The molecule has 0 unspecified atom stereocenters. The van der Waals surface area contributed by atoms with E-state index in [2.05, 4.69) is 20.6 Å². The largest absolute Gasteiger partial charge is 0.416 e. The van der Waals surface area contributed by atoms with E-state index in [9.17, 15) is 18.0 Å². The molecule has 9 heteroatoms. The molecule has 2 aliphatic rings. The molecule has 0 radical (unpaired) electrons. The maximum atomic E-state index is 12.7. The van der Waals surface area contributed by atoms with Gasteiger partial charge in [0.2, 0.25) is 11.9 Å². The second kappa shape index (κ2) is 7.45. The molecule has 1 aromatic carbocycles. The molecule has 2 aromatic rings. The summed E-state index contributed by atoms with van der Waals surface area (Å²) in [5.74, 6) is 1.56. The van der Waals surface area contributed by atoms with Crippen LogP contribution in [0.4, 0.5) is 30.6 Å². The first-order chi connectivity index (χ1) is 14.1. The lowest BCUT2D eigenvalue weighted by Crippen LogP contribution is -2.45. The number of carbonyl (C=O) groups is 1. The molecule has 1 fully saturated rings. The molecule has 2 heterocycles. The van der Waals surface area contributed by atoms with Crippen LogP contribution in [0.25, 0.3) is 0 Å². The summed E-state index contributed by atoms with van der Waals surface area (Å²) in [7, 11) is 1.84. The molecule has 0 spiro atoms. The van der Waals surface area contributed by atoms with Gasteiger partial charge in [0.1, 0.15) is 11.7 Å². The number of rotatable bonds is 4. The molecule has 1 aliphatic carbocycles.